The van der Waals surface area contributed by atoms with Gasteiger partial charge in [-0.2, -0.15) is 4.98 Å². The number of pyridine rings is 1. The highest BCUT2D eigenvalue weighted by molar-refractivity contribution is 6.29. The summed E-state index contributed by atoms with van der Waals surface area (Å²) in [6.45, 7) is 0. The third kappa shape index (κ3) is 2.62. The minimum absolute atomic E-state index is 0.321. The van der Waals surface area contributed by atoms with Gasteiger partial charge in [-0.05, 0) is 24.3 Å². The van der Waals surface area contributed by atoms with Gasteiger partial charge in [-0.3, -0.25) is 4.98 Å². The van der Waals surface area contributed by atoms with Gasteiger partial charge in [-0.15, -0.1) is 0 Å². The van der Waals surface area contributed by atoms with Crippen molar-refractivity contribution in [2.45, 2.75) is 0 Å². The SMILES string of the molecule is CNc1nc(Cl)cc(Oc2ccc3ncccc3c2)n1. The number of rotatable bonds is 3. The van der Waals surface area contributed by atoms with Crippen LogP contribution < -0.4 is 10.1 Å². The molecular formula is C14H11ClN4O. The second-order valence-electron chi connectivity index (χ2n) is 4.06. The number of anilines is 1. The van der Waals surface area contributed by atoms with Crippen LogP contribution in [-0.2, 0) is 0 Å². The molecule has 0 radical (unpaired) electrons. The number of aromatic nitrogens is 3. The number of halogens is 1. The number of ether oxygens (including phenoxy) is 1. The highest BCUT2D eigenvalue weighted by Gasteiger charge is 2.05. The van der Waals surface area contributed by atoms with Crippen LogP contribution in [0.2, 0.25) is 5.15 Å². The fourth-order valence-corrected chi connectivity index (χ4v) is 1.97. The maximum absolute atomic E-state index is 5.91. The smallest absolute Gasteiger partial charge is 0.227 e. The molecule has 0 aliphatic rings. The molecule has 0 spiro atoms. The Labute approximate surface area is 120 Å². The minimum atomic E-state index is 0.321. The van der Waals surface area contributed by atoms with Gasteiger partial charge in [0.25, 0.3) is 0 Å². The van der Waals surface area contributed by atoms with Crippen molar-refractivity contribution in [1.29, 1.82) is 0 Å². The van der Waals surface area contributed by atoms with E-state index in [-0.39, 0.29) is 0 Å². The molecular weight excluding hydrogens is 276 g/mol. The first-order valence-corrected chi connectivity index (χ1v) is 6.37. The quantitative estimate of drug-likeness (QED) is 0.747. The van der Waals surface area contributed by atoms with Crippen molar-refractivity contribution in [1.82, 2.24) is 15.0 Å². The second-order valence-corrected chi connectivity index (χ2v) is 4.45. The van der Waals surface area contributed by atoms with Crippen LogP contribution in [0.25, 0.3) is 10.9 Å². The summed E-state index contributed by atoms with van der Waals surface area (Å²) in [5.41, 5.74) is 0.913. The molecule has 100 valence electrons. The van der Waals surface area contributed by atoms with Crippen molar-refractivity contribution in [2.24, 2.45) is 0 Å². The molecule has 0 aliphatic heterocycles. The van der Waals surface area contributed by atoms with Gasteiger partial charge in [0.05, 0.1) is 5.52 Å². The van der Waals surface area contributed by atoms with E-state index in [0.717, 1.165) is 10.9 Å². The van der Waals surface area contributed by atoms with Crippen LogP contribution in [0.4, 0.5) is 5.95 Å². The minimum Gasteiger partial charge on any atom is -0.439 e. The van der Waals surface area contributed by atoms with Crippen molar-refractivity contribution in [3.63, 3.8) is 0 Å². The fraction of sp³-hybridized carbons (Fsp3) is 0.0714. The Morgan fingerprint density at radius 2 is 2.05 bits per heavy atom. The van der Waals surface area contributed by atoms with Crippen molar-refractivity contribution in [3.05, 3.63) is 47.7 Å². The van der Waals surface area contributed by atoms with E-state index in [9.17, 15) is 0 Å². The third-order valence-corrected chi connectivity index (χ3v) is 2.89. The fourth-order valence-electron chi connectivity index (χ4n) is 1.80. The van der Waals surface area contributed by atoms with Gasteiger partial charge >= 0.3 is 0 Å². The molecule has 2 aromatic heterocycles. The van der Waals surface area contributed by atoms with E-state index in [1.165, 1.54) is 0 Å². The summed E-state index contributed by atoms with van der Waals surface area (Å²) in [4.78, 5) is 12.4. The normalized spacial score (nSPS) is 10.5. The van der Waals surface area contributed by atoms with E-state index in [1.54, 1.807) is 19.3 Å². The molecule has 0 aliphatic carbocycles. The van der Waals surface area contributed by atoms with Crippen molar-refractivity contribution in [2.75, 3.05) is 12.4 Å². The largest absolute Gasteiger partial charge is 0.439 e. The van der Waals surface area contributed by atoms with Crippen molar-refractivity contribution >= 4 is 28.5 Å². The Kier molecular flexibility index (Phi) is 3.35. The first kappa shape index (κ1) is 12.6. The van der Waals surface area contributed by atoms with Gasteiger partial charge < -0.3 is 10.1 Å². The molecule has 6 heteroatoms. The summed E-state index contributed by atoms with van der Waals surface area (Å²) < 4.78 is 5.71. The van der Waals surface area contributed by atoms with Crippen LogP contribution in [0.3, 0.4) is 0 Å². The molecule has 3 rings (SSSR count). The average molecular weight is 287 g/mol. The van der Waals surface area contributed by atoms with E-state index in [0.29, 0.717) is 22.7 Å². The molecule has 0 unspecified atom stereocenters. The standard InChI is InChI=1S/C14H11ClN4O/c1-16-14-18-12(15)8-13(19-14)20-10-4-5-11-9(7-10)3-2-6-17-11/h2-8H,1H3,(H,16,18,19). The molecule has 1 aromatic carbocycles. The topological polar surface area (TPSA) is 59.9 Å². The van der Waals surface area contributed by atoms with E-state index in [2.05, 4.69) is 20.3 Å². The van der Waals surface area contributed by atoms with Crippen molar-refractivity contribution < 1.29 is 4.74 Å². The molecule has 5 nitrogen and oxygen atoms in total. The van der Waals surface area contributed by atoms with E-state index in [1.807, 2.05) is 30.3 Å². The highest BCUT2D eigenvalue weighted by atomic mass is 35.5. The van der Waals surface area contributed by atoms with Gasteiger partial charge in [0.15, 0.2) is 0 Å². The first-order valence-electron chi connectivity index (χ1n) is 5.99. The Bertz CT molecular complexity index is 763. The Balaban J connectivity index is 1.94. The van der Waals surface area contributed by atoms with Crippen LogP contribution in [0.1, 0.15) is 0 Å². The molecule has 2 heterocycles. The Morgan fingerprint density at radius 1 is 1.15 bits per heavy atom. The zero-order valence-corrected chi connectivity index (χ0v) is 11.4. The molecule has 3 aromatic rings. The van der Waals surface area contributed by atoms with Crippen LogP contribution >= 0.6 is 11.6 Å². The summed E-state index contributed by atoms with van der Waals surface area (Å²) in [7, 11) is 1.72. The first-order chi connectivity index (χ1) is 9.74. The number of fused-ring (bicyclic) bond motifs is 1. The van der Waals surface area contributed by atoms with Gasteiger partial charge in [-0.25, -0.2) is 4.98 Å². The van der Waals surface area contributed by atoms with Crippen molar-refractivity contribution in [3.8, 4) is 11.6 Å². The molecule has 0 amide bonds. The summed E-state index contributed by atoms with van der Waals surface area (Å²) >= 11 is 5.91. The lowest BCUT2D eigenvalue weighted by atomic mass is 10.2. The summed E-state index contributed by atoms with van der Waals surface area (Å²) in [5.74, 6) is 1.47. The summed E-state index contributed by atoms with van der Waals surface area (Å²) in [6.07, 6.45) is 1.76. The highest BCUT2D eigenvalue weighted by Crippen LogP contribution is 2.25. The van der Waals surface area contributed by atoms with Crippen LogP contribution in [-0.4, -0.2) is 22.0 Å². The predicted molar refractivity (Wildman–Crippen MR) is 78.4 cm³/mol. The summed E-state index contributed by atoms with van der Waals surface area (Å²) in [6, 6.07) is 11.1. The van der Waals surface area contributed by atoms with Crippen LogP contribution in [0, 0.1) is 0 Å². The molecule has 20 heavy (non-hydrogen) atoms. The predicted octanol–water partition coefficient (Wildman–Crippen LogP) is 3.51. The lowest BCUT2D eigenvalue weighted by molar-refractivity contribution is 0.463. The second kappa shape index (κ2) is 5.30. The summed E-state index contributed by atoms with van der Waals surface area (Å²) in [5, 5.41) is 4.15. The zero-order chi connectivity index (χ0) is 13.9. The molecule has 0 saturated carbocycles. The maximum Gasteiger partial charge on any atom is 0.227 e. The lowest BCUT2D eigenvalue weighted by Gasteiger charge is -2.07. The number of hydrogen-bond acceptors (Lipinski definition) is 5. The monoisotopic (exact) mass is 286 g/mol. The van der Waals surface area contributed by atoms with Gasteiger partial charge in [0.1, 0.15) is 10.9 Å². The van der Waals surface area contributed by atoms with Gasteiger partial charge in [-0.1, -0.05) is 17.7 Å². The zero-order valence-electron chi connectivity index (χ0n) is 10.7. The molecule has 1 N–H and O–H groups in total. The Hall–Kier alpha value is -2.40. The lowest BCUT2D eigenvalue weighted by Crippen LogP contribution is -1.98. The van der Waals surface area contributed by atoms with E-state index in [4.69, 9.17) is 16.3 Å². The molecule has 0 bridgehead atoms. The Morgan fingerprint density at radius 3 is 2.90 bits per heavy atom. The number of nitrogens with one attached hydrogen (secondary N) is 1. The van der Waals surface area contributed by atoms with Crippen LogP contribution in [0.5, 0.6) is 11.6 Å². The average Bonchev–Trinajstić information content (AvgIpc) is 2.46. The maximum atomic E-state index is 5.91. The van der Waals surface area contributed by atoms with E-state index >= 15 is 0 Å². The molecule has 0 saturated heterocycles. The molecule has 0 fully saturated rings. The van der Waals surface area contributed by atoms with Gasteiger partial charge in [0, 0.05) is 24.7 Å². The number of benzene rings is 1. The van der Waals surface area contributed by atoms with Gasteiger partial charge in [0.2, 0.25) is 11.8 Å². The third-order valence-electron chi connectivity index (χ3n) is 2.69. The number of hydrogen-bond donors (Lipinski definition) is 1. The molecule has 0 atom stereocenters. The number of nitrogens with zero attached hydrogens (tertiary/aromatic N) is 3. The van der Waals surface area contributed by atoms with E-state index < -0.39 is 0 Å². The van der Waals surface area contributed by atoms with Crippen LogP contribution in [0.15, 0.2) is 42.6 Å².